The summed E-state index contributed by atoms with van der Waals surface area (Å²) in [5.41, 5.74) is 2.90. The molecule has 0 aliphatic carbocycles. The molecule has 1 fully saturated rings. The second-order valence-electron chi connectivity index (χ2n) is 5.34. The van der Waals surface area contributed by atoms with Crippen molar-refractivity contribution in [2.24, 2.45) is 0 Å². The molecular weight excluding hydrogens is 330 g/mol. The summed E-state index contributed by atoms with van der Waals surface area (Å²) in [5, 5.41) is 2.66. The zero-order valence-electron chi connectivity index (χ0n) is 13.1. The number of hydrogen-bond donors (Lipinski definition) is 1. The molecule has 0 saturated carbocycles. The monoisotopic (exact) mass is 347 g/mol. The van der Waals surface area contributed by atoms with Gasteiger partial charge in [0.1, 0.15) is 6.10 Å². The van der Waals surface area contributed by atoms with Gasteiger partial charge in [-0.05, 0) is 35.4 Å². The van der Waals surface area contributed by atoms with Gasteiger partial charge in [0, 0.05) is 25.0 Å². The van der Waals surface area contributed by atoms with Crippen molar-refractivity contribution >= 4 is 30.1 Å². The minimum atomic E-state index is -0.392. The third kappa shape index (κ3) is 4.02. The molecule has 24 heavy (non-hydrogen) atoms. The lowest BCUT2D eigenvalue weighted by atomic mass is 10.1. The van der Waals surface area contributed by atoms with Gasteiger partial charge in [0.05, 0.1) is 13.1 Å². The summed E-state index contributed by atoms with van der Waals surface area (Å²) in [6, 6.07) is 11.6. The van der Waals surface area contributed by atoms with E-state index in [0.29, 0.717) is 13.1 Å². The largest absolute Gasteiger partial charge is 0.442 e. The smallest absolute Gasteiger partial charge is 0.414 e. The van der Waals surface area contributed by atoms with Gasteiger partial charge < -0.3 is 10.1 Å². The van der Waals surface area contributed by atoms with Crippen molar-refractivity contribution in [2.75, 3.05) is 18.0 Å². The fourth-order valence-corrected chi connectivity index (χ4v) is 2.47. The van der Waals surface area contributed by atoms with Crippen molar-refractivity contribution in [3.8, 4) is 11.1 Å². The number of amides is 2. The molecule has 0 radical (unpaired) electrons. The molecule has 2 aromatic rings. The molecule has 6 nitrogen and oxygen atoms in total. The van der Waals surface area contributed by atoms with Gasteiger partial charge >= 0.3 is 6.09 Å². The molecule has 3 rings (SSSR count). The van der Waals surface area contributed by atoms with Crippen LogP contribution in [0, 0.1) is 0 Å². The first-order valence-electron chi connectivity index (χ1n) is 7.36. The van der Waals surface area contributed by atoms with E-state index < -0.39 is 6.09 Å². The number of carbonyl (C=O) groups excluding carboxylic acids is 2. The standard InChI is InChI=1S/C17H17N3O3.ClH/c1-12(21)19-10-16-11-20(17(22)23-16)15-4-2-13(3-5-15)14-6-8-18-9-7-14;/h2-9,16H,10-11H2,1H3,(H,19,21);1H/t16-;/m0./s1. The van der Waals surface area contributed by atoms with Crippen LogP contribution < -0.4 is 10.2 Å². The Labute approximate surface area is 146 Å². The number of cyclic esters (lactones) is 1. The molecule has 126 valence electrons. The number of aromatic nitrogens is 1. The summed E-state index contributed by atoms with van der Waals surface area (Å²) in [6.07, 6.45) is 2.77. The zero-order chi connectivity index (χ0) is 16.2. The number of rotatable bonds is 4. The van der Waals surface area contributed by atoms with Crippen LogP contribution in [0.5, 0.6) is 0 Å². The number of benzene rings is 1. The number of pyridine rings is 1. The fraction of sp³-hybridized carbons (Fsp3) is 0.235. The molecule has 2 heterocycles. The van der Waals surface area contributed by atoms with Crippen LogP contribution in [-0.2, 0) is 9.53 Å². The summed E-state index contributed by atoms with van der Waals surface area (Å²) in [5.74, 6) is -0.138. The van der Waals surface area contributed by atoms with Crippen LogP contribution in [0.3, 0.4) is 0 Å². The van der Waals surface area contributed by atoms with Crippen LogP contribution in [0.1, 0.15) is 6.92 Å². The fourth-order valence-electron chi connectivity index (χ4n) is 2.47. The summed E-state index contributed by atoms with van der Waals surface area (Å²) in [6.45, 7) is 2.19. The molecule has 1 aliphatic rings. The molecule has 1 atom stereocenters. The predicted octanol–water partition coefficient (Wildman–Crippen LogP) is 2.63. The highest BCUT2D eigenvalue weighted by molar-refractivity contribution is 5.90. The van der Waals surface area contributed by atoms with E-state index in [1.165, 1.54) is 6.92 Å². The van der Waals surface area contributed by atoms with E-state index in [1.54, 1.807) is 17.3 Å². The van der Waals surface area contributed by atoms with Gasteiger partial charge in [0.15, 0.2) is 0 Å². The Kier molecular flexibility index (Phi) is 5.76. The Morgan fingerprint density at radius 1 is 1.21 bits per heavy atom. The maximum atomic E-state index is 12.0. The highest BCUT2D eigenvalue weighted by Gasteiger charge is 2.32. The van der Waals surface area contributed by atoms with E-state index in [0.717, 1.165) is 16.8 Å². The van der Waals surface area contributed by atoms with Crippen LogP contribution in [0.2, 0.25) is 0 Å². The SMILES string of the molecule is CC(=O)NC[C@H]1CN(c2ccc(-c3ccncc3)cc2)C(=O)O1.Cl. The Hall–Kier alpha value is -2.60. The van der Waals surface area contributed by atoms with Crippen molar-refractivity contribution in [2.45, 2.75) is 13.0 Å². The van der Waals surface area contributed by atoms with E-state index in [2.05, 4.69) is 10.3 Å². The molecule has 2 amide bonds. The van der Waals surface area contributed by atoms with Crippen LogP contribution in [-0.4, -0.2) is 36.2 Å². The second kappa shape index (κ2) is 7.79. The molecule has 0 unspecified atom stereocenters. The van der Waals surface area contributed by atoms with Crippen molar-refractivity contribution in [3.05, 3.63) is 48.8 Å². The van der Waals surface area contributed by atoms with Gasteiger partial charge in [-0.2, -0.15) is 0 Å². The maximum Gasteiger partial charge on any atom is 0.414 e. The molecular formula is C17H18ClN3O3. The summed E-state index contributed by atoms with van der Waals surface area (Å²) in [7, 11) is 0. The van der Waals surface area contributed by atoms with Crippen LogP contribution in [0.4, 0.5) is 10.5 Å². The lowest BCUT2D eigenvalue weighted by Gasteiger charge is -2.13. The van der Waals surface area contributed by atoms with Crippen molar-refractivity contribution in [1.82, 2.24) is 10.3 Å². The van der Waals surface area contributed by atoms with Crippen molar-refractivity contribution < 1.29 is 14.3 Å². The summed E-state index contributed by atoms with van der Waals surface area (Å²) < 4.78 is 5.26. The van der Waals surface area contributed by atoms with E-state index in [1.807, 2.05) is 36.4 Å². The van der Waals surface area contributed by atoms with Gasteiger partial charge in [-0.3, -0.25) is 14.7 Å². The van der Waals surface area contributed by atoms with Gasteiger partial charge in [-0.1, -0.05) is 12.1 Å². The van der Waals surface area contributed by atoms with E-state index in [4.69, 9.17) is 4.74 Å². The lowest BCUT2D eigenvalue weighted by molar-refractivity contribution is -0.119. The van der Waals surface area contributed by atoms with Gasteiger partial charge in [-0.25, -0.2) is 4.79 Å². The highest BCUT2D eigenvalue weighted by atomic mass is 35.5. The Morgan fingerprint density at radius 2 is 1.83 bits per heavy atom. The lowest BCUT2D eigenvalue weighted by Crippen LogP contribution is -2.33. The van der Waals surface area contributed by atoms with E-state index in [9.17, 15) is 9.59 Å². The number of anilines is 1. The number of hydrogen-bond acceptors (Lipinski definition) is 4. The Bertz CT molecular complexity index is 707. The first-order chi connectivity index (χ1) is 11.1. The molecule has 1 N–H and O–H groups in total. The highest BCUT2D eigenvalue weighted by Crippen LogP contribution is 2.25. The number of carbonyl (C=O) groups is 2. The van der Waals surface area contributed by atoms with Crippen LogP contribution >= 0.6 is 12.4 Å². The number of halogens is 1. The number of nitrogens with one attached hydrogen (secondary N) is 1. The quantitative estimate of drug-likeness (QED) is 0.922. The van der Waals surface area contributed by atoms with E-state index in [-0.39, 0.29) is 24.4 Å². The van der Waals surface area contributed by atoms with Crippen molar-refractivity contribution in [3.63, 3.8) is 0 Å². The number of nitrogens with zero attached hydrogens (tertiary/aromatic N) is 2. The normalized spacial score (nSPS) is 16.3. The number of ether oxygens (including phenoxy) is 1. The molecule has 7 heteroatoms. The first kappa shape index (κ1) is 17.7. The average molecular weight is 348 g/mol. The van der Waals surface area contributed by atoms with Crippen molar-refractivity contribution in [1.29, 1.82) is 0 Å². The molecule has 0 spiro atoms. The van der Waals surface area contributed by atoms with Gasteiger partial charge in [0.2, 0.25) is 5.91 Å². The first-order valence-corrected chi connectivity index (χ1v) is 7.36. The van der Waals surface area contributed by atoms with Gasteiger partial charge in [0.25, 0.3) is 0 Å². The molecule has 0 bridgehead atoms. The average Bonchev–Trinajstić information content (AvgIpc) is 2.95. The summed E-state index contributed by atoms with van der Waals surface area (Å²) in [4.78, 5) is 28.5. The maximum absolute atomic E-state index is 12.0. The second-order valence-corrected chi connectivity index (χ2v) is 5.34. The topological polar surface area (TPSA) is 71.5 Å². The minimum absolute atomic E-state index is 0. The molecule has 1 aromatic carbocycles. The zero-order valence-corrected chi connectivity index (χ0v) is 14.0. The van der Waals surface area contributed by atoms with Gasteiger partial charge in [-0.15, -0.1) is 12.4 Å². The Morgan fingerprint density at radius 3 is 2.46 bits per heavy atom. The van der Waals surface area contributed by atoms with Crippen LogP contribution in [0.25, 0.3) is 11.1 Å². The minimum Gasteiger partial charge on any atom is -0.442 e. The predicted molar refractivity (Wildman–Crippen MR) is 93.2 cm³/mol. The Balaban J connectivity index is 0.00000208. The van der Waals surface area contributed by atoms with E-state index >= 15 is 0 Å². The third-order valence-electron chi connectivity index (χ3n) is 3.65. The summed E-state index contributed by atoms with van der Waals surface area (Å²) >= 11 is 0. The van der Waals surface area contributed by atoms with Crippen LogP contribution in [0.15, 0.2) is 48.8 Å². The molecule has 1 aliphatic heterocycles. The third-order valence-corrected chi connectivity index (χ3v) is 3.65. The molecule has 1 saturated heterocycles. The molecule has 1 aromatic heterocycles.